The molecule has 1 fully saturated rings. The Morgan fingerprint density at radius 1 is 1.47 bits per heavy atom. The molecule has 1 N–H and O–H groups in total. The van der Waals surface area contributed by atoms with Gasteiger partial charge in [0, 0.05) is 44.2 Å². The number of nitrogens with one attached hydrogen (secondary N) is 1. The average Bonchev–Trinajstić information content (AvgIpc) is 3.43. The number of carbonyl (C=O) groups is 1. The van der Waals surface area contributed by atoms with Gasteiger partial charge in [-0.25, -0.2) is 4.98 Å². The van der Waals surface area contributed by atoms with Crippen molar-refractivity contribution in [1.82, 2.24) is 19.6 Å². The van der Waals surface area contributed by atoms with Gasteiger partial charge in [-0.3, -0.25) is 9.20 Å². The fourth-order valence-corrected chi connectivity index (χ4v) is 5.16. The fraction of sp³-hybridized carbons (Fsp3) is 0.545. The van der Waals surface area contributed by atoms with Crippen LogP contribution in [-0.2, 0) is 11.3 Å². The summed E-state index contributed by atoms with van der Waals surface area (Å²) in [6.07, 6.45) is 6.66. The number of fused-ring (bicyclic) bond motifs is 3. The third-order valence-corrected chi connectivity index (χ3v) is 7.83. The zero-order chi connectivity index (χ0) is 21.3. The van der Waals surface area contributed by atoms with Crippen LogP contribution in [0.4, 0.5) is 0 Å². The molecule has 1 atom stereocenters. The van der Waals surface area contributed by atoms with Crippen LogP contribution in [0.1, 0.15) is 41.9 Å². The number of thioether (sulfide) groups is 1. The Labute approximate surface area is 186 Å². The summed E-state index contributed by atoms with van der Waals surface area (Å²) in [7, 11) is 1.87. The summed E-state index contributed by atoms with van der Waals surface area (Å²) >= 11 is 3.23. The number of rotatable bonds is 8. The lowest BCUT2D eigenvalue weighted by molar-refractivity contribution is 0.0790. The van der Waals surface area contributed by atoms with E-state index in [1.807, 2.05) is 22.5 Å². The van der Waals surface area contributed by atoms with Crippen molar-refractivity contribution < 1.29 is 9.53 Å². The van der Waals surface area contributed by atoms with Crippen molar-refractivity contribution in [3.05, 3.63) is 34.8 Å². The molecular weight excluding hydrogens is 416 g/mol. The van der Waals surface area contributed by atoms with E-state index in [4.69, 9.17) is 9.72 Å². The Kier molecular flexibility index (Phi) is 6.39. The molecule has 2 aromatic heterocycles. The second-order valence-electron chi connectivity index (χ2n) is 8.57. The smallest absolute Gasteiger partial charge is 0.265 e. The zero-order valence-corrected chi connectivity index (χ0v) is 19.7. The quantitative estimate of drug-likeness (QED) is 0.566. The average molecular weight is 447 g/mol. The molecule has 1 aliphatic rings. The first-order valence-corrected chi connectivity index (χ1v) is 12.4. The maximum atomic E-state index is 12.9. The third kappa shape index (κ3) is 4.66. The van der Waals surface area contributed by atoms with Crippen LogP contribution in [-0.4, -0.2) is 64.0 Å². The van der Waals surface area contributed by atoms with E-state index in [-0.39, 0.29) is 10.7 Å². The van der Waals surface area contributed by atoms with E-state index in [2.05, 4.69) is 43.6 Å². The van der Waals surface area contributed by atoms with E-state index >= 15 is 0 Å². The highest BCUT2D eigenvalue weighted by Crippen LogP contribution is 2.27. The van der Waals surface area contributed by atoms with Gasteiger partial charge in [0.15, 0.2) is 4.96 Å². The third-order valence-electron chi connectivity index (χ3n) is 5.62. The summed E-state index contributed by atoms with van der Waals surface area (Å²) in [5, 5.41) is 3.50. The topological polar surface area (TPSA) is 58.9 Å². The Morgan fingerprint density at radius 3 is 3.03 bits per heavy atom. The maximum Gasteiger partial charge on any atom is 0.265 e. The van der Waals surface area contributed by atoms with Crippen molar-refractivity contribution in [1.29, 1.82) is 0 Å². The predicted molar refractivity (Wildman–Crippen MR) is 126 cm³/mol. The van der Waals surface area contributed by atoms with E-state index < -0.39 is 0 Å². The Balaban J connectivity index is 1.50. The highest BCUT2D eigenvalue weighted by molar-refractivity contribution is 7.99. The lowest BCUT2D eigenvalue weighted by Crippen LogP contribution is -2.37. The summed E-state index contributed by atoms with van der Waals surface area (Å²) in [5.41, 5.74) is 3.21. The van der Waals surface area contributed by atoms with Crippen molar-refractivity contribution in [3.8, 4) is 0 Å². The molecule has 1 unspecified atom stereocenters. The van der Waals surface area contributed by atoms with E-state index in [1.54, 1.807) is 11.8 Å². The van der Waals surface area contributed by atoms with Gasteiger partial charge in [-0.1, -0.05) is 17.4 Å². The highest BCUT2D eigenvalue weighted by atomic mass is 32.2. The molecule has 1 aliphatic heterocycles. The number of hydrogen-bond donors (Lipinski definition) is 1. The molecule has 0 saturated carbocycles. The second-order valence-corrected chi connectivity index (χ2v) is 11.1. The number of benzene rings is 1. The van der Waals surface area contributed by atoms with Gasteiger partial charge in [0.05, 0.1) is 17.1 Å². The minimum atomic E-state index is 0.0277. The molecule has 30 heavy (non-hydrogen) atoms. The van der Waals surface area contributed by atoms with Crippen LogP contribution >= 0.6 is 23.1 Å². The van der Waals surface area contributed by atoms with Gasteiger partial charge in [-0.2, -0.15) is 11.8 Å². The van der Waals surface area contributed by atoms with Crippen molar-refractivity contribution in [2.24, 2.45) is 0 Å². The van der Waals surface area contributed by atoms with E-state index in [0.29, 0.717) is 12.6 Å². The molecule has 0 spiro atoms. The zero-order valence-electron chi connectivity index (χ0n) is 18.1. The van der Waals surface area contributed by atoms with Crippen molar-refractivity contribution in [3.63, 3.8) is 0 Å². The maximum absolute atomic E-state index is 12.9. The Morgan fingerprint density at radius 2 is 2.30 bits per heavy atom. The van der Waals surface area contributed by atoms with E-state index in [0.717, 1.165) is 53.4 Å². The monoisotopic (exact) mass is 446 g/mol. The number of thiazole rings is 1. The standard InChI is InChI=1S/C22H30N4O2S2/c1-22(2,29-4)14-25(3)20(27)19-13-26-18-10-15(7-8-17(18)24-21(26)30-19)11-23-12-16-6-5-9-28-16/h7-8,10,13,16,23H,5-6,9,11-12,14H2,1-4H3. The molecule has 3 aromatic rings. The number of amides is 1. The first-order valence-electron chi connectivity index (χ1n) is 10.4. The summed E-state index contributed by atoms with van der Waals surface area (Å²) in [5.74, 6) is 0.0511. The van der Waals surface area contributed by atoms with Gasteiger partial charge in [0.1, 0.15) is 4.88 Å². The Bertz CT molecular complexity index is 1040. The first kappa shape index (κ1) is 21.6. The second kappa shape index (κ2) is 8.86. The van der Waals surface area contributed by atoms with Gasteiger partial charge < -0.3 is 15.0 Å². The molecule has 0 aliphatic carbocycles. The summed E-state index contributed by atoms with van der Waals surface area (Å²) in [6, 6.07) is 6.35. The largest absolute Gasteiger partial charge is 0.377 e. The molecule has 1 saturated heterocycles. The lowest BCUT2D eigenvalue weighted by atomic mass is 10.2. The molecule has 0 radical (unpaired) electrons. The van der Waals surface area contributed by atoms with Crippen LogP contribution in [0.2, 0.25) is 0 Å². The van der Waals surface area contributed by atoms with Crippen LogP contribution in [0.15, 0.2) is 24.4 Å². The molecule has 0 bridgehead atoms. The number of imidazole rings is 1. The molecule has 162 valence electrons. The van der Waals surface area contributed by atoms with Crippen LogP contribution in [0, 0.1) is 0 Å². The predicted octanol–water partition coefficient (Wildman–Crippen LogP) is 4.03. The van der Waals surface area contributed by atoms with Crippen LogP contribution in [0.3, 0.4) is 0 Å². The number of hydrogen-bond acceptors (Lipinski definition) is 6. The lowest BCUT2D eigenvalue weighted by Gasteiger charge is -2.28. The van der Waals surface area contributed by atoms with Crippen molar-refractivity contribution in [2.45, 2.75) is 44.1 Å². The molecule has 6 nitrogen and oxygen atoms in total. The Hall–Kier alpha value is -1.61. The van der Waals surface area contributed by atoms with Crippen LogP contribution < -0.4 is 5.32 Å². The van der Waals surface area contributed by atoms with Crippen LogP contribution in [0.5, 0.6) is 0 Å². The minimum Gasteiger partial charge on any atom is -0.377 e. The number of ether oxygens (including phenoxy) is 1. The fourth-order valence-electron chi connectivity index (χ4n) is 3.84. The van der Waals surface area contributed by atoms with Gasteiger partial charge in [0.2, 0.25) is 0 Å². The molecule has 1 aromatic carbocycles. The van der Waals surface area contributed by atoms with Gasteiger partial charge in [-0.15, -0.1) is 0 Å². The van der Waals surface area contributed by atoms with Gasteiger partial charge in [0.25, 0.3) is 5.91 Å². The van der Waals surface area contributed by atoms with Crippen LogP contribution in [0.25, 0.3) is 16.0 Å². The number of carbonyl (C=O) groups excluding carboxylic acids is 1. The van der Waals surface area contributed by atoms with Crippen molar-refractivity contribution in [2.75, 3.05) is 33.0 Å². The van der Waals surface area contributed by atoms with Gasteiger partial charge >= 0.3 is 0 Å². The normalized spacial score (nSPS) is 17.3. The highest BCUT2D eigenvalue weighted by Gasteiger charge is 2.24. The molecule has 4 rings (SSSR count). The minimum absolute atomic E-state index is 0.0277. The summed E-state index contributed by atoms with van der Waals surface area (Å²) in [6.45, 7) is 7.58. The van der Waals surface area contributed by atoms with E-state index in [1.165, 1.54) is 16.9 Å². The molecule has 8 heteroatoms. The number of aromatic nitrogens is 2. The number of nitrogens with zero attached hydrogens (tertiary/aromatic N) is 3. The van der Waals surface area contributed by atoms with E-state index in [9.17, 15) is 4.79 Å². The SMILES string of the molecule is CSC(C)(C)CN(C)C(=O)c1cn2c(nc3ccc(CNCC4CCCO4)cc32)s1. The summed E-state index contributed by atoms with van der Waals surface area (Å²) in [4.78, 5) is 21.0. The van der Waals surface area contributed by atoms with Gasteiger partial charge in [-0.05, 0) is 50.6 Å². The van der Waals surface area contributed by atoms with Crippen molar-refractivity contribution >= 4 is 45.0 Å². The molecule has 3 heterocycles. The first-order chi connectivity index (χ1) is 14.4. The summed E-state index contributed by atoms with van der Waals surface area (Å²) < 4.78 is 7.75. The molecular formula is C22H30N4O2S2. The molecule has 1 amide bonds.